The maximum atomic E-state index is 12.7. The van der Waals surface area contributed by atoms with E-state index in [1.54, 1.807) is 4.90 Å². The van der Waals surface area contributed by atoms with Crippen LogP contribution in [0.2, 0.25) is 0 Å². The van der Waals surface area contributed by atoms with E-state index in [1.165, 1.54) is 21.0 Å². The third-order valence-electron chi connectivity index (χ3n) is 4.37. The summed E-state index contributed by atoms with van der Waals surface area (Å²) in [6.45, 7) is 1.93. The van der Waals surface area contributed by atoms with Gasteiger partial charge in [0.2, 0.25) is 10.0 Å². The fourth-order valence-corrected chi connectivity index (χ4v) is 5.00. The first kappa shape index (κ1) is 16.8. The standard InChI is InChI=1S/C16H22N2O3S2/c1-23(20,21)18-8-3-7-17(9-10-18)16(19)14-5-6-15-13(12-14)4-2-11-22-15/h5-6,12H,2-4,7-11H2,1H3. The first-order chi connectivity index (χ1) is 10.9. The average molecular weight is 354 g/mol. The number of thioether (sulfide) groups is 1. The van der Waals surface area contributed by atoms with Crippen LogP contribution in [0.3, 0.4) is 0 Å². The zero-order valence-electron chi connectivity index (χ0n) is 13.3. The Balaban J connectivity index is 1.73. The molecule has 126 valence electrons. The third-order valence-corrected chi connectivity index (χ3v) is 6.87. The number of hydrogen-bond acceptors (Lipinski definition) is 4. The lowest BCUT2D eigenvalue weighted by Gasteiger charge is -2.22. The number of hydrogen-bond donors (Lipinski definition) is 0. The molecule has 0 atom stereocenters. The predicted octanol–water partition coefficient (Wildman–Crippen LogP) is 1.83. The topological polar surface area (TPSA) is 57.7 Å². The molecular formula is C16H22N2O3S2. The van der Waals surface area contributed by atoms with E-state index in [9.17, 15) is 13.2 Å². The number of fused-ring (bicyclic) bond motifs is 1. The van der Waals surface area contributed by atoms with Gasteiger partial charge in [-0.05, 0) is 48.8 Å². The highest BCUT2D eigenvalue weighted by Gasteiger charge is 2.25. The van der Waals surface area contributed by atoms with Crippen LogP contribution in [0, 0.1) is 0 Å². The molecular weight excluding hydrogens is 332 g/mol. The third kappa shape index (κ3) is 3.89. The average Bonchev–Trinajstić information content (AvgIpc) is 2.79. The summed E-state index contributed by atoms with van der Waals surface area (Å²) in [5.74, 6) is 1.16. The summed E-state index contributed by atoms with van der Waals surface area (Å²) < 4.78 is 24.8. The van der Waals surface area contributed by atoms with Gasteiger partial charge in [-0.1, -0.05) is 0 Å². The summed E-state index contributed by atoms with van der Waals surface area (Å²) in [5.41, 5.74) is 1.98. The molecule has 0 spiro atoms. The predicted molar refractivity (Wildman–Crippen MR) is 92.4 cm³/mol. The summed E-state index contributed by atoms with van der Waals surface area (Å²) in [6.07, 6.45) is 4.10. The summed E-state index contributed by atoms with van der Waals surface area (Å²) in [6, 6.07) is 5.97. The maximum absolute atomic E-state index is 12.7. The Hall–Kier alpha value is -1.05. The highest BCUT2D eigenvalue weighted by Crippen LogP contribution is 2.30. The van der Waals surface area contributed by atoms with E-state index in [2.05, 4.69) is 0 Å². The van der Waals surface area contributed by atoms with Crippen molar-refractivity contribution in [2.75, 3.05) is 38.2 Å². The normalized spacial score (nSPS) is 20.0. The van der Waals surface area contributed by atoms with Gasteiger partial charge in [0.15, 0.2) is 0 Å². The minimum absolute atomic E-state index is 0.0127. The molecule has 0 saturated carbocycles. The van der Waals surface area contributed by atoms with Crippen LogP contribution in [0.15, 0.2) is 23.1 Å². The van der Waals surface area contributed by atoms with Gasteiger partial charge in [-0.3, -0.25) is 4.79 Å². The SMILES string of the molecule is CS(=O)(=O)N1CCCN(C(=O)c2ccc3c(c2)CCCS3)CC1. The van der Waals surface area contributed by atoms with Gasteiger partial charge >= 0.3 is 0 Å². The van der Waals surface area contributed by atoms with Crippen molar-refractivity contribution in [3.05, 3.63) is 29.3 Å². The fourth-order valence-electron chi connectivity index (χ4n) is 3.10. The van der Waals surface area contributed by atoms with Gasteiger partial charge in [0.1, 0.15) is 0 Å². The highest BCUT2D eigenvalue weighted by molar-refractivity contribution is 7.99. The highest BCUT2D eigenvalue weighted by atomic mass is 32.2. The number of benzene rings is 1. The Bertz CT molecular complexity index is 703. The summed E-state index contributed by atoms with van der Waals surface area (Å²) >= 11 is 1.85. The van der Waals surface area contributed by atoms with Gasteiger partial charge in [0.05, 0.1) is 6.26 Å². The molecule has 0 radical (unpaired) electrons. The van der Waals surface area contributed by atoms with E-state index >= 15 is 0 Å². The minimum Gasteiger partial charge on any atom is -0.337 e. The Morgan fingerprint density at radius 2 is 1.96 bits per heavy atom. The first-order valence-corrected chi connectivity index (χ1v) is 10.8. The Morgan fingerprint density at radius 1 is 1.13 bits per heavy atom. The van der Waals surface area contributed by atoms with Crippen molar-refractivity contribution in [2.24, 2.45) is 0 Å². The Morgan fingerprint density at radius 3 is 2.74 bits per heavy atom. The van der Waals surface area contributed by atoms with Crippen LogP contribution in [0.4, 0.5) is 0 Å². The Kier molecular flexibility index (Phi) is 4.98. The van der Waals surface area contributed by atoms with Crippen LogP contribution in [-0.2, 0) is 16.4 Å². The van der Waals surface area contributed by atoms with Crippen molar-refractivity contribution >= 4 is 27.7 Å². The van der Waals surface area contributed by atoms with Crippen LogP contribution < -0.4 is 0 Å². The van der Waals surface area contributed by atoms with Crippen molar-refractivity contribution in [1.82, 2.24) is 9.21 Å². The Labute approximate surface area is 142 Å². The molecule has 2 aliphatic heterocycles. The number of rotatable bonds is 2. The van der Waals surface area contributed by atoms with E-state index < -0.39 is 10.0 Å². The van der Waals surface area contributed by atoms with Gasteiger partial charge in [-0.15, -0.1) is 11.8 Å². The van der Waals surface area contributed by atoms with Gasteiger partial charge in [0, 0.05) is 36.6 Å². The fraction of sp³-hybridized carbons (Fsp3) is 0.562. The van der Waals surface area contributed by atoms with Gasteiger partial charge in [-0.25, -0.2) is 12.7 Å². The molecule has 1 aromatic carbocycles. The van der Waals surface area contributed by atoms with Crippen LogP contribution in [0.5, 0.6) is 0 Å². The van der Waals surface area contributed by atoms with Crippen molar-refractivity contribution in [3.63, 3.8) is 0 Å². The maximum Gasteiger partial charge on any atom is 0.253 e. The number of carbonyl (C=O) groups excluding carboxylic acids is 1. The van der Waals surface area contributed by atoms with Gasteiger partial charge < -0.3 is 4.90 Å². The summed E-state index contributed by atoms with van der Waals surface area (Å²) in [5, 5.41) is 0. The molecule has 0 N–H and O–H groups in total. The first-order valence-electron chi connectivity index (χ1n) is 7.95. The number of sulfonamides is 1. The number of aryl methyl sites for hydroxylation is 1. The number of amides is 1. The second-order valence-corrected chi connectivity index (χ2v) is 9.20. The van der Waals surface area contributed by atoms with E-state index in [4.69, 9.17) is 0 Å². The molecule has 2 heterocycles. The molecule has 7 heteroatoms. The molecule has 0 bridgehead atoms. The number of carbonyl (C=O) groups is 1. The molecule has 0 unspecified atom stereocenters. The van der Waals surface area contributed by atoms with E-state index in [-0.39, 0.29) is 5.91 Å². The smallest absolute Gasteiger partial charge is 0.253 e. The lowest BCUT2D eigenvalue weighted by Crippen LogP contribution is -2.37. The monoisotopic (exact) mass is 354 g/mol. The molecule has 1 amide bonds. The van der Waals surface area contributed by atoms with Crippen LogP contribution in [-0.4, -0.2) is 61.7 Å². The molecule has 2 aliphatic rings. The molecule has 5 nitrogen and oxygen atoms in total. The molecule has 3 rings (SSSR count). The molecule has 1 fully saturated rings. The molecule has 23 heavy (non-hydrogen) atoms. The van der Waals surface area contributed by atoms with E-state index in [0.717, 1.165) is 24.2 Å². The zero-order valence-corrected chi connectivity index (χ0v) is 15.0. The van der Waals surface area contributed by atoms with Crippen molar-refractivity contribution in [3.8, 4) is 0 Å². The summed E-state index contributed by atoms with van der Waals surface area (Å²) in [7, 11) is -3.18. The second kappa shape index (κ2) is 6.83. The quantitative estimate of drug-likeness (QED) is 0.813. The van der Waals surface area contributed by atoms with Gasteiger partial charge in [0.25, 0.3) is 5.91 Å². The number of nitrogens with zero attached hydrogens (tertiary/aromatic N) is 2. The van der Waals surface area contributed by atoms with Crippen LogP contribution in [0.25, 0.3) is 0 Å². The van der Waals surface area contributed by atoms with Crippen molar-refractivity contribution in [1.29, 1.82) is 0 Å². The molecule has 1 saturated heterocycles. The minimum atomic E-state index is -3.18. The van der Waals surface area contributed by atoms with Gasteiger partial charge in [-0.2, -0.15) is 0 Å². The van der Waals surface area contributed by atoms with Crippen LogP contribution >= 0.6 is 11.8 Å². The van der Waals surface area contributed by atoms with Crippen LogP contribution in [0.1, 0.15) is 28.8 Å². The molecule has 0 aromatic heterocycles. The zero-order chi connectivity index (χ0) is 16.4. The van der Waals surface area contributed by atoms with Crippen molar-refractivity contribution in [2.45, 2.75) is 24.2 Å². The summed E-state index contributed by atoms with van der Waals surface area (Å²) in [4.78, 5) is 15.8. The molecule has 1 aromatic rings. The van der Waals surface area contributed by atoms with E-state index in [0.29, 0.717) is 32.6 Å². The lowest BCUT2D eigenvalue weighted by atomic mass is 10.1. The van der Waals surface area contributed by atoms with E-state index in [1.807, 2.05) is 30.0 Å². The second-order valence-electron chi connectivity index (χ2n) is 6.08. The lowest BCUT2D eigenvalue weighted by molar-refractivity contribution is 0.0764. The molecule has 0 aliphatic carbocycles. The van der Waals surface area contributed by atoms with Crippen molar-refractivity contribution < 1.29 is 13.2 Å². The largest absolute Gasteiger partial charge is 0.337 e.